The van der Waals surface area contributed by atoms with E-state index in [1.807, 2.05) is 48.7 Å². The Labute approximate surface area is 173 Å². The molecule has 1 aromatic carbocycles. The van der Waals surface area contributed by atoms with Crippen molar-refractivity contribution in [1.82, 2.24) is 19.1 Å². The summed E-state index contributed by atoms with van der Waals surface area (Å²) in [5, 5.41) is 7.55. The Balaban J connectivity index is 1.43. The zero-order valence-electron chi connectivity index (χ0n) is 16.0. The van der Waals surface area contributed by atoms with Gasteiger partial charge >= 0.3 is 5.69 Å². The van der Waals surface area contributed by atoms with Crippen molar-refractivity contribution in [3.05, 3.63) is 68.8 Å². The van der Waals surface area contributed by atoms with Crippen molar-refractivity contribution in [2.75, 3.05) is 6.54 Å². The highest BCUT2D eigenvalue weighted by atomic mass is 32.2. The molecule has 3 aromatic rings. The van der Waals surface area contributed by atoms with Crippen LogP contribution in [-0.2, 0) is 16.6 Å². The van der Waals surface area contributed by atoms with Crippen LogP contribution in [0.5, 0.6) is 0 Å². The molecule has 0 unspecified atom stereocenters. The van der Waals surface area contributed by atoms with Gasteiger partial charge in [-0.05, 0) is 42.9 Å². The number of nitrogens with one attached hydrogen (secondary N) is 1. The SMILES string of the molecule is Cc1ccc(/C=C/S(=O)(=O)NCCn2nc(-c3cccs3)n(C3CC3)c2=O)cc1. The topological polar surface area (TPSA) is 86.0 Å². The van der Waals surface area contributed by atoms with Crippen LogP contribution in [0.1, 0.15) is 30.0 Å². The van der Waals surface area contributed by atoms with Gasteiger partial charge < -0.3 is 0 Å². The molecule has 0 spiro atoms. The van der Waals surface area contributed by atoms with Gasteiger partial charge in [-0.1, -0.05) is 35.9 Å². The Morgan fingerprint density at radius 1 is 1.24 bits per heavy atom. The first-order chi connectivity index (χ1) is 13.9. The first-order valence-corrected chi connectivity index (χ1v) is 11.8. The third kappa shape index (κ3) is 4.75. The van der Waals surface area contributed by atoms with Crippen molar-refractivity contribution >= 4 is 27.4 Å². The summed E-state index contributed by atoms with van der Waals surface area (Å²) in [4.78, 5) is 13.7. The number of hydrogen-bond acceptors (Lipinski definition) is 5. The van der Waals surface area contributed by atoms with Crippen LogP contribution in [0.25, 0.3) is 16.8 Å². The minimum atomic E-state index is -3.60. The molecule has 1 fully saturated rings. The maximum Gasteiger partial charge on any atom is 0.346 e. The molecule has 2 heterocycles. The van der Waals surface area contributed by atoms with E-state index in [4.69, 9.17) is 0 Å². The summed E-state index contributed by atoms with van der Waals surface area (Å²) in [6.45, 7) is 2.24. The van der Waals surface area contributed by atoms with E-state index in [9.17, 15) is 13.2 Å². The summed E-state index contributed by atoms with van der Waals surface area (Å²) < 4.78 is 30.0. The Kier molecular flexibility index (Phi) is 5.53. The number of sulfonamides is 1. The monoisotopic (exact) mass is 430 g/mol. The lowest BCUT2D eigenvalue weighted by atomic mass is 10.2. The highest BCUT2D eigenvalue weighted by molar-refractivity contribution is 7.92. The molecule has 29 heavy (non-hydrogen) atoms. The van der Waals surface area contributed by atoms with Crippen LogP contribution in [0.4, 0.5) is 0 Å². The summed E-state index contributed by atoms with van der Waals surface area (Å²) >= 11 is 1.53. The van der Waals surface area contributed by atoms with Gasteiger partial charge in [0.2, 0.25) is 10.0 Å². The molecule has 0 bridgehead atoms. The molecule has 2 aromatic heterocycles. The highest BCUT2D eigenvalue weighted by Crippen LogP contribution is 2.37. The number of hydrogen-bond donors (Lipinski definition) is 1. The van der Waals surface area contributed by atoms with Crippen molar-refractivity contribution in [2.45, 2.75) is 32.4 Å². The minimum absolute atomic E-state index is 0.0893. The van der Waals surface area contributed by atoms with Crippen molar-refractivity contribution < 1.29 is 8.42 Å². The Hall–Kier alpha value is -2.49. The summed E-state index contributed by atoms with van der Waals surface area (Å²) in [6, 6.07) is 11.6. The first-order valence-electron chi connectivity index (χ1n) is 9.40. The maximum absolute atomic E-state index is 12.7. The average Bonchev–Trinajstić information content (AvgIpc) is 3.26. The number of rotatable bonds is 8. The largest absolute Gasteiger partial charge is 0.346 e. The van der Waals surface area contributed by atoms with Crippen molar-refractivity contribution in [3.8, 4) is 10.7 Å². The molecule has 0 radical (unpaired) electrons. The lowest BCUT2D eigenvalue weighted by molar-refractivity contribution is 0.551. The van der Waals surface area contributed by atoms with Gasteiger partial charge in [0.1, 0.15) is 0 Å². The fourth-order valence-corrected chi connectivity index (χ4v) is 4.50. The standard InChI is InChI=1S/C20H22N4O3S2/c1-15-4-6-16(7-5-15)10-14-29(26,27)21-11-12-23-20(25)24(17-8-9-17)19(22-23)18-3-2-13-28-18/h2-7,10,13-14,17,21H,8-9,11-12H2,1H3/b14-10+. The summed E-state index contributed by atoms with van der Waals surface area (Å²) in [7, 11) is -3.60. The Morgan fingerprint density at radius 2 is 2.00 bits per heavy atom. The molecule has 0 amide bonds. The zero-order valence-corrected chi connectivity index (χ0v) is 17.6. The van der Waals surface area contributed by atoms with Gasteiger partial charge in [0.15, 0.2) is 5.82 Å². The van der Waals surface area contributed by atoms with Crippen LogP contribution in [-0.4, -0.2) is 29.3 Å². The second-order valence-corrected chi connectivity index (χ2v) is 9.66. The molecule has 1 saturated carbocycles. The van der Waals surface area contributed by atoms with Gasteiger partial charge in [-0.15, -0.1) is 16.4 Å². The maximum atomic E-state index is 12.7. The number of benzene rings is 1. The average molecular weight is 431 g/mol. The molecular formula is C20H22N4O3S2. The van der Waals surface area contributed by atoms with Crippen LogP contribution in [0.3, 0.4) is 0 Å². The molecule has 0 aliphatic heterocycles. The van der Waals surface area contributed by atoms with Gasteiger partial charge in [-0.25, -0.2) is 22.6 Å². The third-order valence-corrected chi connectivity index (χ3v) is 6.63. The Bertz CT molecular complexity index is 1170. The van der Waals surface area contributed by atoms with E-state index >= 15 is 0 Å². The fourth-order valence-electron chi connectivity index (χ4n) is 2.99. The van der Waals surface area contributed by atoms with E-state index in [1.54, 1.807) is 10.6 Å². The van der Waals surface area contributed by atoms with Crippen molar-refractivity contribution in [3.63, 3.8) is 0 Å². The van der Waals surface area contributed by atoms with E-state index < -0.39 is 10.0 Å². The molecule has 0 saturated heterocycles. The molecular weight excluding hydrogens is 408 g/mol. The van der Waals surface area contributed by atoms with E-state index in [0.29, 0.717) is 5.82 Å². The van der Waals surface area contributed by atoms with E-state index in [0.717, 1.165) is 34.3 Å². The van der Waals surface area contributed by atoms with Crippen molar-refractivity contribution in [1.29, 1.82) is 0 Å². The van der Waals surface area contributed by atoms with Gasteiger partial charge in [0.05, 0.1) is 11.4 Å². The summed E-state index contributed by atoms with van der Waals surface area (Å²) in [6.07, 6.45) is 3.49. The molecule has 0 atom stereocenters. The minimum Gasteiger partial charge on any atom is -0.271 e. The fraction of sp³-hybridized carbons (Fsp3) is 0.300. The van der Waals surface area contributed by atoms with Crippen LogP contribution in [0, 0.1) is 6.92 Å². The molecule has 1 aliphatic rings. The lowest BCUT2D eigenvalue weighted by Gasteiger charge is -2.02. The van der Waals surface area contributed by atoms with E-state index in [1.165, 1.54) is 16.0 Å². The molecule has 4 rings (SSSR count). The van der Waals surface area contributed by atoms with E-state index in [-0.39, 0.29) is 24.8 Å². The van der Waals surface area contributed by atoms with Gasteiger partial charge in [0, 0.05) is 18.0 Å². The van der Waals surface area contributed by atoms with Crippen LogP contribution in [0.2, 0.25) is 0 Å². The molecule has 1 N–H and O–H groups in total. The molecule has 152 valence electrons. The highest BCUT2D eigenvalue weighted by Gasteiger charge is 2.30. The summed E-state index contributed by atoms with van der Waals surface area (Å²) in [5.41, 5.74) is 1.73. The van der Waals surface area contributed by atoms with Crippen LogP contribution in [0.15, 0.2) is 52.0 Å². The number of nitrogens with zero attached hydrogens (tertiary/aromatic N) is 3. The smallest absolute Gasteiger partial charge is 0.271 e. The van der Waals surface area contributed by atoms with E-state index in [2.05, 4.69) is 9.82 Å². The summed E-state index contributed by atoms with van der Waals surface area (Å²) in [5.74, 6) is 0.662. The van der Waals surface area contributed by atoms with Crippen molar-refractivity contribution in [2.24, 2.45) is 0 Å². The third-order valence-electron chi connectivity index (χ3n) is 4.67. The normalized spacial score (nSPS) is 14.7. The van der Waals surface area contributed by atoms with Gasteiger partial charge in [0.25, 0.3) is 0 Å². The van der Waals surface area contributed by atoms with Gasteiger partial charge in [-0.2, -0.15) is 0 Å². The number of aryl methyl sites for hydroxylation is 1. The van der Waals surface area contributed by atoms with Gasteiger partial charge in [-0.3, -0.25) is 4.57 Å². The molecule has 9 heteroatoms. The quantitative estimate of drug-likeness (QED) is 0.595. The second kappa shape index (κ2) is 8.10. The predicted molar refractivity (Wildman–Crippen MR) is 115 cm³/mol. The van der Waals surface area contributed by atoms with Crippen LogP contribution < -0.4 is 10.4 Å². The first kappa shape index (κ1) is 19.8. The number of thiophene rings is 1. The lowest BCUT2D eigenvalue weighted by Crippen LogP contribution is -2.31. The zero-order chi connectivity index (χ0) is 20.4. The Morgan fingerprint density at radius 3 is 2.66 bits per heavy atom. The predicted octanol–water partition coefficient (Wildman–Crippen LogP) is 3.01. The second-order valence-electron chi connectivity index (χ2n) is 7.06. The molecule has 7 nitrogen and oxygen atoms in total. The molecule has 1 aliphatic carbocycles. The number of aromatic nitrogens is 3. The van der Waals surface area contributed by atoms with Crippen LogP contribution >= 0.6 is 11.3 Å².